The number of carboxylic acids is 1. The molecule has 11 atom stereocenters. The van der Waals surface area contributed by atoms with Crippen LogP contribution in [-0.2, 0) is 39.8 Å². The second-order valence-corrected chi connectivity index (χ2v) is 13.0. The van der Waals surface area contributed by atoms with Gasteiger partial charge in [-0.05, 0) is 29.5 Å². The molecule has 16 heteroatoms. The van der Waals surface area contributed by atoms with Crippen LogP contribution < -0.4 is 5.32 Å². The summed E-state index contributed by atoms with van der Waals surface area (Å²) in [5.41, 5.74) is 2.82. The zero-order valence-electron chi connectivity index (χ0n) is 28.8. The number of hydrogen-bond acceptors (Lipinski definition) is 14. The van der Waals surface area contributed by atoms with Crippen molar-refractivity contribution in [3.05, 3.63) is 60.2 Å². The van der Waals surface area contributed by atoms with E-state index >= 15 is 0 Å². The number of amides is 1. The van der Waals surface area contributed by atoms with Crippen molar-refractivity contribution in [2.75, 3.05) is 19.8 Å². The molecule has 2 aromatic carbocycles. The van der Waals surface area contributed by atoms with Gasteiger partial charge in [0, 0.05) is 25.7 Å². The molecule has 0 aromatic heterocycles. The number of carbonyl (C=O) groups is 3. The highest BCUT2D eigenvalue weighted by Gasteiger charge is 2.56. The normalized spacial score (nSPS) is 29.8. The SMILES string of the molecule is C#CCCO[C@@H]1O[C@H](CO[C@@]2(C(=O)O)C[C@H](O)[C@@H](NC(=O)CO)[C@H]([C@H](O)[C@H](O)CCCC(=O)Cc3ccc(-c4ccccc4)cc3)O2)[C@H](O)[C@H](O)[C@H]1O. The molecular formula is C37H47NO15. The highest BCUT2D eigenvalue weighted by atomic mass is 16.7. The topological polar surface area (TPSA) is 262 Å². The molecule has 290 valence electrons. The zero-order chi connectivity index (χ0) is 38.7. The van der Waals surface area contributed by atoms with E-state index in [0.717, 1.165) is 16.7 Å². The fourth-order valence-electron chi connectivity index (χ4n) is 6.25. The maximum Gasteiger partial charge on any atom is 0.364 e. The monoisotopic (exact) mass is 745 g/mol. The predicted molar refractivity (Wildman–Crippen MR) is 183 cm³/mol. The van der Waals surface area contributed by atoms with Crippen LogP contribution in [0, 0.1) is 12.3 Å². The van der Waals surface area contributed by atoms with Gasteiger partial charge in [0.25, 0.3) is 5.79 Å². The van der Waals surface area contributed by atoms with Crippen LogP contribution >= 0.6 is 0 Å². The molecule has 2 fully saturated rings. The van der Waals surface area contributed by atoms with Crippen LogP contribution in [0.5, 0.6) is 0 Å². The second kappa shape index (κ2) is 19.5. The van der Waals surface area contributed by atoms with E-state index in [1.165, 1.54) is 0 Å². The first-order chi connectivity index (χ1) is 25.3. The van der Waals surface area contributed by atoms with Crippen molar-refractivity contribution in [2.24, 2.45) is 0 Å². The van der Waals surface area contributed by atoms with Crippen LogP contribution in [-0.4, -0.2) is 145 Å². The van der Waals surface area contributed by atoms with E-state index in [9.17, 15) is 55.2 Å². The molecule has 0 unspecified atom stereocenters. The molecule has 0 spiro atoms. The first-order valence-electron chi connectivity index (χ1n) is 17.2. The van der Waals surface area contributed by atoms with E-state index in [4.69, 9.17) is 25.4 Å². The molecule has 16 nitrogen and oxygen atoms in total. The van der Waals surface area contributed by atoms with Gasteiger partial charge in [0.05, 0.1) is 31.5 Å². The number of carbonyl (C=O) groups excluding carboxylic acids is 2. The summed E-state index contributed by atoms with van der Waals surface area (Å²) < 4.78 is 22.1. The summed E-state index contributed by atoms with van der Waals surface area (Å²) in [7, 11) is 0. The van der Waals surface area contributed by atoms with Crippen LogP contribution in [0.1, 0.15) is 37.7 Å². The minimum Gasteiger partial charge on any atom is -0.477 e. The van der Waals surface area contributed by atoms with Gasteiger partial charge in [-0.15, -0.1) is 12.3 Å². The maximum atomic E-state index is 12.8. The van der Waals surface area contributed by atoms with Gasteiger partial charge in [-0.3, -0.25) is 9.59 Å². The number of terminal acetylenes is 1. The summed E-state index contributed by atoms with van der Waals surface area (Å²) in [5, 5.41) is 86.2. The predicted octanol–water partition coefficient (Wildman–Crippen LogP) is -1.37. The molecule has 0 radical (unpaired) electrons. The molecule has 2 aliphatic heterocycles. The number of carboxylic acid groups (broad SMARTS) is 1. The van der Waals surface area contributed by atoms with Gasteiger partial charge in [0.15, 0.2) is 6.29 Å². The summed E-state index contributed by atoms with van der Waals surface area (Å²) >= 11 is 0. The third-order valence-electron chi connectivity index (χ3n) is 9.20. The average Bonchev–Trinajstić information content (AvgIpc) is 3.15. The van der Waals surface area contributed by atoms with Gasteiger partial charge in [-0.1, -0.05) is 54.6 Å². The Morgan fingerprint density at radius 2 is 1.66 bits per heavy atom. The maximum absolute atomic E-state index is 12.8. The van der Waals surface area contributed by atoms with E-state index in [0.29, 0.717) is 0 Å². The molecule has 2 saturated heterocycles. The molecule has 0 bridgehead atoms. The highest BCUT2D eigenvalue weighted by Crippen LogP contribution is 2.35. The van der Waals surface area contributed by atoms with E-state index in [1.807, 2.05) is 54.6 Å². The summed E-state index contributed by atoms with van der Waals surface area (Å²) in [5.74, 6) is -3.39. The van der Waals surface area contributed by atoms with Crippen molar-refractivity contribution in [3.8, 4) is 23.5 Å². The number of aliphatic hydroxyl groups is 7. The summed E-state index contributed by atoms with van der Waals surface area (Å²) in [6.07, 6.45) is -10.9. The van der Waals surface area contributed by atoms with Crippen molar-refractivity contribution < 1.29 is 74.2 Å². The van der Waals surface area contributed by atoms with Crippen LogP contribution in [0.2, 0.25) is 0 Å². The number of nitrogens with one attached hydrogen (secondary N) is 1. The highest BCUT2D eigenvalue weighted by molar-refractivity contribution is 5.81. The summed E-state index contributed by atoms with van der Waals surface area (Å²) in [6, 6.07) is 15.7. The van der Waals surface area contributed by atoms with Gasteiger partial charge < -0.3 is 65.1 Å². The molecule has 2 aromatic rings. The molecule has 9 N–H and O–H groups in total. The van der Waals surface area contributed by atoms with Gasteiger partial charge in [-0.2, -0.15) is 0 Å². The average molecular weight is 746 g/mol. The standard InChI is InChI=1S/C37H47NO15/c1-2-3-16-50-35-33(47)32(46)31(45)27(52-35)20-51-37(36(48)49)18-26(42)29(38-28(43)19-39)34(53-37)30(44)25(41)11-7-10-24(40)17-21-12-14-23(15-13-21)22-8-5-4-6-9-22/h1,4-6,8-9,12-15,25-27,29-35,39,41-42,44-47H,3,7,10-11,16-20H2,(H,38,43)(H,48,49)/t25-,26+,27-,29-,30-,31+,32+,33-,34-,35-,37+/m1/s1. The van der Waals surface area contributed by atoms with E-state index in [2.05, 4.69) is 11.2 Å². The fraction of sp³-hybridized carbons (Fsp3) is 0.541. The molecular weight excluding hydrogens is 698 g/mol. The van der Waals surface area contributed by atoms with Gasteiger partial charge in [0.1, 0.15) is 49.0 Å². The molecule has 0 aliphatic carbocycles. The molecule has 4 rings (SSSR count). The lowest BCUT2D eigenvalue weighted by atomic mass is 9.87. The van der Waals surface area contributed by atoms with Crippen molar-refractivity contribution in [3.63, 3.8) is 0 Å². The largest absolute Gasteiger partial charge is 0.477 e. The molecule has 2 heterocycles. The second-order valence-electron chi connectivity index (χ2n) is 13.0. The summed E-state index contributed by atoms with van der Waals surface area (Å²) in [6.45, 7) is -1.92. The van der Waals surface area contributed by atoms with E-state index < -0.39 is 98.5 Å². The Morgan fingerprint density at radius 3 is 2.30 bits per heavy atom. The minimum atomic E-state index is -2.76. The van der Waals surface area contributed by atoms with Gasteiger partial charge in [0.2, 0.25) is 5.91 Å². The first-order valence-corrected chi connectivity index (χ1v) is 17.2. The summed E-state index contributed by atoms with van der Waals surface area (Å²) in [4.78, 5) is 37.5. The number of hydrogen-bond donors (Lipinski definition) is 9. The third-order valence-corrected chi connectivity index (χ3v) is 9.20. The Hall–Kier alpha value is -3.83. The number of ether oxygens (including phenoxy) is 4. The number of aliphatic hydroxyl groups excluding tert-OH is 7. The fourth-order valence-corrected chi connectivity index (χ4v) is 6.25. The number of rotatable bonds is 18. The van der Waals surface area contributed by atoms with Crippen molar-refractivity contribution in [2.45, 2.75) is 105 Å². The number of Topliss-reactive ketones (excluding diaryl/α,β-unsaturated/α-hetero) is 1. The number of benzene rings is 2. The van der Waals surface area contributed by atoms with Gasteiger partial charge >= 0.3 is 5.97 Å². The van der Waals surface area contributed by atoms with Crippen molar-refractivity contribution in [1.82, 2.24) is 5.32 Å². The first kappa shape index (κ1) is 41.9. The molecule has 2 aliphatic rings. The Kier molecular flexibility index (Phi) is 15.4. The number of ketones is 1. The number of aliphatic carboxylic acids is 1. The molecule has 53 heavy (non-hydrogen) atoms. The van der Waals surface area contributed by atoms with Crippen LogP contribution in [0.3, 0.4) is 0 Å². The van der Waals surface area contributed by atoms with Crippen molar-refractivity contribution in [1.29, 1.82) is 0 Å². The minimum absolute atomic E-state index is 0.0307. The van der Waals surface area contributed by atoms with Crippen LogP contribution in [0.15, 0.2) is 54.6 Å². The Morgan fingerprint density at radius 1 is 0.981 bits per heavy atom. The van der Waals surface area contributed by atoms with Crippen molar-refractivity contribution >= 4 is 17.7 Å². The zero-order valence-corrected chi connectivity index (χ0v) is 28.8. The van der Waals surface area contributed by atoms with E-state index in [-0.39, 0.29) is 44.5 Å². The lowest BCUT2D eigenvalue weighted by Crippen LogP contribution is -2.68. The third kappa shape index (κ3) is 10.9. The molecule has 0 saturated carbocycles. The van der Waals surface area contributed by atoms with E-state index in [1.54, 1.807) is 0 Å². The van der Waals surface area contributed by atoms with Crippen LogP contribution in [0.25, 0.3) is 11.1 Å². The van der Waals surface area contributed by atoms with Gasteiger partial charge in [-0.25, -0.2) is 4.79 Å². The lowest BCUT2D eigenvalue weighted by Gasteiger charge is -2.47. The molecule has 1 amide bonds. The lowest BCUT2D eigenvalue weighted by molar-refractivity contribution is -0.338. The Bertz CT molecular complexity index is 1530. The smallest absolute Gasteiger partial charge is 0.364 e. The van der Waals surface area contributed by atoms with Crippen LogP contribution in [0.4, 0.5) is 0 Å². The Balaban J connectivity index is 1.40. The quantitative estimate of drug-likeness (QED) is 0.0630. The Labute approximate surface area is 305 Å².